The molecule has 6 heteroatoms. The van der Waals surface area contributed by atoms with E-state index < -0.39 is 4.92 Å². The molecule has 5 nitrogen and oxygen atoms in total. The van der Waals surface area contributed by atoms with E-state index in [9.17, 15) is 10.1 Å². The summed E-state index contributed by atoms with van der Waals surface area (Å²) in [5.74, 6) is 0.961. The molecule has 1 heterocycles. The molecular weight excluding hydrogens is 262 g/mol. The van der Waals surface area contributed by atoms with Gasteiger partial charge in [-0.1, -0.05) is 6.92 Å². The van der Waals surface area contributed by atoms with E-state index in [4.69, 9.17) is 5.26 Å². The molecule has 1 aliphatic heterocycles. The van der Waals surface area contributed by atoms with E-state index in [1.54, 1.807) is 12.1 Å². The number of benzene rings is 1. The highest BCUT2D eigenvalue weighted by Gasteiger charge is 2.29. The van der Waals surface area contributed by atoms with Gasteiger partial charge in [0.25, 0.3) is 5.69 Å². The summed E-state index contributed by atoms with van der Waals surface area (Å²) in [5.41, 5.74) is 0.955. The summed E-state index contributed by atoms with van der Waals surface area (Å²) in [6, 6.07) is 6.87. The first-order valence-electron chi connectivity index (χ1n) is 6.11. The van der Waals surface area contributed by atoms with E-state index in [1.807, 2.05) is 17.8 Å². The van der Waals surface area contributed by atoms with E-state index in [-0.39, 0.29) is 11.7 Å². The number of nitro benzene ring substituents is 1. The summed E-state index contributed by atoms with van der Waals surface area (Å²) in [6.07, 6.45) is 0. The Hall–Kier alpha value is -1.74. The molecule has 1 aliphatic rings. The fourth-order valence-electron chi connectivity index (χ4n) is 2.26. The molecule has 0 aromatic heterocycles. The van der Waals surface area contributed by atoms with E-state index in [2.05, 4.69) is 18.7 Å². The Bertz CT molecular complexity index is 541. The van der Waals surface area contributed by atoms with Gasteiger partial charge in [-0.05, 0) is 19.1 Å². The molecule has 0 N–H and O–H groups in total. The Labute approximate surface area is 116 Å². The molecule has 0 amide bonds. The van der Waals surface area contributed by atoms with Gasteiger partial charge in [0.2, 0.25) is 0 Å². The molecule has 1 aromatic rings. The summed E-state index contributed by atoms with van der Waals surface area (Å²) >= 11 is 1.88. The fourth-order valence-corrected chi connectivity index (χ4v) is 3.35. The van der Waals surface area contributed by atoms with E-state index in [0.717, 1.165) is 12.3 Å². The minimum absolute atomic E-state index is 0.0185. The number of hydrogen-bond acceptors (Lipinski definition) is 5. The second kappa shape index (κ2) is 5.49. The third kappa shape index (κ3) is 2.66. The van der Waals surface area contributed by atoms with Crippen molar-refractivity contribution in [2.45, 2.75) is 25.1 Å². The van der Waals surface area contributed by atoms with Gasteiger partial charge >= 0.3 is 0 Å². The smallest absolute Gasteiger partial charge is 0.293 e. The monoisotopic (exact) mass is 277 g/mol. The molecule has 0 radical (unpaired) electrons. The Morgan fingerprint density at radius 2 is 2.26 bits per heavy atom. The Balaban J connectivity index is 2.44. The van der Waals surface area contributed by atoms with Crippen molar-refractivity contribution in [2.24, 2.45) is 0 Å². The number of anilines is 1. The lowest BCUT2D eigenvalue weighted by Gasteiger charge is -2.38. The zero-order valence-electron chi connectivity index (χ0n) is 10.9. The third-order valence-corrected chi connectivity index (χ3v) is 4.83. The van der Waals surface area contributed by atoms with Gasteiger partial charge in [-0.25, -0.2) is 0 Å². The maximum atomic E-state index is 11.2. The molecule has 2 rings (SSSR count). The Kier molecular flexibility index (Phi) is 3.96. The SMILES string of the molecule is CC1SCCN(c2ccc(C#N)cc2[N+](=O)[O-])C1C. The first kappa shape index (κ1) is 13.7. The molecule has 0 saturated carbocycles. The van der Waals surface area contributed by atoms with E-state index in [0.29, 0.717) is 16.5 Å². The second-order valence-corrected chi connectivity index (χ2v) is 6.07. The Morgan fingerprint density at radius 1 is 1.53 bits per heavy atom. The first-order valence-corrected chi connectivity index (χ1v) is 7.16. The van der Waals surface area contributed by atoms with Gasteiger partial charge in [0, 0.05) is 29.7 Å². The lowest BCUT2D eigenvalue weighted by atomic mass is 10.1. The molecular formula is C13H15N3O2S. The van der Waals surface area contributed by atoms with Gasteiger partial charge in [0.15, 0.2) is 0 Å². The van der Waals surface area contributed by atoms with Crippen LogP contribution in [0.3, 0.4) is 0 Å². The molecule has 19 heavy (non-hydrogen) atoms. The molecule has 1 saturated heterocycles. The van der Waals surface area contributed by atoms with E-state index in [1.165, 1.54) is 6.07 Å². The standard InChI is InChI=1S/C13H15N3O2S/c1-9-10(2)19-6-5-15(9)12-4-3-11(8-14)7-13(12)16(17)18/h3-4,7,9-10H,5-6H2,1-2H3. The zero-order chi connectivity index (χ0) is 14.0. The molecule has 0 spiro atoms. The van der Waals surface area contributed by atoms with Gasteiger partial charge in [-0.15, -0.1) is 0 Å². The predicted molar refractivity (Wildman–Crippen MR) is 76.5 cm³/mol. The highest BCUT2D eigenvalue weighted by molar-refractivity contribution is 8.00. The van der Waals surface area contributed by atoms with Crippen LogP contribution in [-0.2, 0) is 0 Å². The largest absolute Gasteiger partial charge is 0.361 e. The van der Waals surface area contributed by atoms with Gasteiger partial charge in [0.05, 0.1) is 16.6 Å². The fraction of sp³-hybridized carbons (Fsp3) is 0.462. The quantitative estimate of drug-likeness (QED) is 0.614. The van der Waals surface area contributed by atoms with Crippen LogP contribution in [0.1, 0.15) is 19.4 Å². The van der Waals surface area contributed by atoms with E-state index >= 15 is 0 Å². The van der Waals surface area contributed by atoms with Crippen molar-refractivity contribution in [1.82, 2.24) is 0 Å². The van der Waals surface area contributed by atoms with Crippen molar-refractivity contribution >= 4 is 23.1 Å². The van der Waals surface area contributed by atoms with Crippen molar-refractivity contribution in [1.29, 1.82) is 5.26 Å². The van der Waals surface area contributed by atoms with Crippen LogP contribution in [0.4, 0.5) is 11.4 Å². The highest BCUT2D eigenvalue weighted by Crippen LogP contribution is 2.35. The molecule has 1 fully saturated rings. The van der Waals surface area contributed by atoms with Crippen LogP contribution in [0, 0.1) is 21.4 Å². The lowest BCUT2D eigenvalue weighted by molar-refractivity contribution is -0.384. The average Bonchev–Trinajstić information content (AvgIpc) is 2.41. The summed E-state index contributed by atoms with van der Waals surface area (Å²) in [5, 5.41) is 20.5. The van der Waals surface area contributed by atoms with Crippen molar-refractivity contribution < 1.29 is 4.92 Å². The van der Waals surface area contributed by atoms with Crippen LogP contribution in [-0.4, -0.2) is 28.5 Å². The van der Waals surface area contributed by atoms with Gasteiger partial charge in [-0.2, -0.15) is 17.0 Å². The predicted octanol–water partition coefficient (Wildman–Crippen LogP) is 2.80. The molecule has 0 aliphatic carbocycles. The summed E-state index contributed by atoms with van der Waals surface area (Å²) in [7, 11) is 0. The number of nitriles is 1. The number of rotatable bonds is 2. The number of nitrogens with zero attached hydrogens (tertiary/aromatic N) is 3. The summed E-state index contributed by atoms with van der Waals surface area (Å²) in [4.78, 5) is 12.8. The molecule has 2 unspecified atom stereocenters. The number of hydrogen-bond donors (Lipinski definition) is 0. The second-order valence-electron chi connectivity index (χ2n) is 4.58. The lowest BCUT2D eigenvalue weighted by Crippen LogP contribution is -2.45. The maximum Gasteiger partial charge on any atom is 0.293 e. The van der Waals surface area contributed by atoms with Crippen LogP contribution in [0.15, 0.2) is 18.2 Å². The first-order chi connectivity index (χ1) is 9.04. The zero-order valence-corrected chi connectivity index (χ0v) is 11.7. The maximum absolute atomic E-state index is 11.2. The third-order valence-electron chi connectivity index (χ3n) is 3.49. The van der Waals surface area contributed by atoms with Crippen LogP contribution in [0.5, 0.6) is 0 Å². The molecule has 2 atom stereocenters. The minimum Gasteiger partial charge on any atom is -0.361 e. The van der Waals surface area contributed by atoms with Crippen LogP contribution in [0.2, 0.25) is 0 Å². The molecule has 0 bridgehead atoms. The summed E-state index contributed by atoms with van der Waals surface area (Å²) in [6.45, 7) is 5.01. The topological polar surface area (TPSA) is 70.2 Å². The van der Waals surface area contributed by atoms with Crippen molar-refractivity contribution in [3.63, 3.8) is 0 Å². The van der Waals surface area contributed by atoms with Crippen LogP contribution >= 0.6 is 11.8 Å². The van der Waals surface area contributed by atoms with Crippen LogP contribution < -0.4 is 4.90 Å². The Morgan fingerprint density at radius 3 is 2.89 bits per heavy atom. The van der Waals surface area contributed by atoms with Crippen molar-refractivity contribution in [3.8, 4) is 6.07 Å². The van der Waals surface area contributed by atoms with Gasteiger partial charge in [0.1, 0.15) is 5.69 Å². The number of nitro groups is 1. The van der Waals surface area contributed by atoms with Crippen molar-refractivity contribution in [2.75, 3.05) is 17.2 Å². The van der Waals surface area contributed by atoms with Crippen molar-refractivity contribution in [3.05, 3.63) is 33.9 Å². The molecule has 100 valence electrons. The average molecular weight is 277 g/mol. The molecule has 1 aromatic carbocycles. The highest BCUT2D eigenvalue weighted by atomic mass is 32.2. The number of thioether (sulfide) groups is 1. The van der Waals surface area contributed by atoms with Gasteiger partial charge in [-0.3, -0.25) is 10.1 Å². The summed E-state index contributed by atoms with van der Waals surface area (Å²) < 4.78 is 0. The van der Waals surface area contributed by atoms with Gasteiger partial charge < -0.3 is 4.90 Å². The normalized spacial score (nSPS) is 22.9. The minimum atomic E-state index is -0.407. The van der Waals surface area contributed by atoms with Crippen LogP contribution in [0.25, 0.3) is 0 Å².